The molecule has 5 heteroatoms. The molecule has 1 aromatic carbocycles. The number of ether oxygens (including phenoxy) is 1. The lowest BCUT2D eigenvalue weighted by molar-refractivity contribution is 0.289. The van der Waals surface area contributed by atoms with Gasteiger partial charge in [0, 0.05) is 25.2 Å². The fourth-order valence-corrected chi connectivity index (χ4v) is 3.03. The van der Waals surface area contributed by atoms with E-state index in [4.69, 9.17) is 4.74 Å². The monoisotopic (exact) mass is 332 g/mol. The number of rotatable bonds is 7. The van der Waals surface area contributed by atoms with Crippen LogP contribution in [0.5, 0.6) is 5.75 Å². The zero-order chi connectivity index (χ0) is 17.0. The Hall–Kier alpha value is -1.75. The van der Waals surface area contributed by atoms with Crippen molar-refractivity contribution in [1.82, 2.24) is 15.5 Å². The molecule has 0 spiro atoms. The van der Waals surface area contributed by atoms with Gasteiger partial charge in [0.25, 0.3) is 0 Å². The molecule has 1 aromatic rings. The van der Waals surface area contributed by atoms with E-state index < -0.39 is 0 Å². The van der Waals surface area contributed by atoms with Gasteiger partial charge in [-0.3, -0.25) is 0 Å². The first kappa shape index (κ1) is 18.6. The number of nitrogens with one attached hydrogen (secondary N) is 2. The van der Waals surface area contributed by atoms with Gasteiger partial charge in [-0.1, -0.05) is 31.0 Å². The fourth-order valence-electron chi connectivity index (χ4n) is 3.03. The average molecular weight is 332 g/mol. The van der Waals surface area contributed by atoms with Gasteiger partial charge in [-0.15, -0.1) is 0 Å². The summed E-state index contributed by atoms with van der Waals surface area (Å²) in [4.78, 5) is 7.25. The van der Waals surface area contributed by atoms with Gasteiger partial charge in [-0.2, -0.15) is 0 Å². The Labute approximate surface area is 146 Å². The predicted octanol–water partition coefficient (Wildman–Crippen LogP) is 2.63. The summed E-state index contributed by atoms with van der Waals surface area (Å²) in [5.74, 6) is 1.76. The van der Waals surface area contributed by atoms with Gasteiger partial charge in [0.05, 0.1) is 13.7 Å². The zero-order valence-corrected chi connectivity index (χ0v) is 15.2. The summed E-state index contributed by atoms with van der Waals surface area (Å²) in [5, 5.41) is 6.77. The number of methoxy groups -OCH3 is 1. The molecule has 24 heavy (non-hydrogen) atoms. The van der Waals surface area contributed by atoms with Crippen LogP contribution in [0.15, 0.2) is 29.3 Å². The summed E-state index contributed by atoms with van der Waals surface area (Å²) >= 11 is 0. The predicted molar refractivity (Wildman–Crippen MR) is 101 cm³/mol. The zero-order valence-electron chi connectivity index (χ0n) is 15.2. The molecule has 0 aliphatic carbocycles. The standard InChI is InChI=1S/C19H32N4O/c1-3-20-19(21-12-15-23-13-8-4-5-9-14-23)22-16-17-10-6-7-11-18(17)24-2/h6-7,10-11H,3-5,8-9,12-16H2,1-2H3,(H2,20,21,22). The molecule has 1 aliphatic heterocycles. The number of para-hydroxylation sites is 1. The largest absolute Gasteiger partial charge is 0.496 e. The number of aliphatic imine (C=N–C) groups is 1. The Morgan fingerprint density at radius 3 is 2.58 bits per heavy atom. The van der Waals surface area contributed by atoms with Crippen LogP contribution in [-0.4, -0.2) is 50.7 Å². The van der Waals surface area contributed by atoms with E-state index in [-0.39, 0.29) is 0 Å². The van der Waals surface area contributed by atoms with E-state index in [1.807, 2.05) is 18.2 Å². The van der Waals surface area contributed by atoms with Gasteiger partial charge in [0.1, 0.15) is 5.75 Å². The molecular formula is C19H32N4O. The molecule has 1 heterocycles. The van der Waals surface area contributed by atoms with Gasteiger partial charge < -0.3 is 20.3 Å². The van der Waals surface area contributed by atoms with Crippen molar-refractivity contribution >= 4 is 5.96 Å². The molecule has 1 aliphatic rings. The van der Waals surface area contributed by atoms with Gasteiger partial charge in [-0.25, -0.2) is 4.99 Å². The van der Waals surface area contributed by atoms with E-state index in [2.05, 4.69) is 33.5 Å². The molecular weight excluding hydrogens is 300 g/mol. The molecule has 5 nitrogen and oxygen atoms in total. The lowest BCUT2D eigenvalue weighted by Gasteiger charge is -2.20. The summed E-state index contributed by atoms with van der Waals surface area (Å²) in [7, 11) is 1.70. The minimum Gasteiger partial charge on any atom is -0.496 e. The highest BCUT2D eigenvalue weighted by molar-refractivity contribution is 5.79. The maximum absolute atomic E-state index is 5.39. The van der Waals surface area contributed by atoms with Crippen LogP contribution in [0.2, 0.25) is 0 Å². The van der Waals surface area contributed by atoms with Gasteiger partial charge >= 0.3 is 0 Å². The Morgan fingerprint density at radius 1 is 1.12 bits per heavy atom. The summed E-state index contributed by atoms with van der Waals surface area (Å²) < 4.78 is 5.39. The SMILES string of the molecule is CCNC(=NCc1ccccc1OC)NCCN1CCCCCC1. The van der Waals surface area contributed by atoms with Crippen LogP contribution in [0.1, 0.15) is 38.2 Å². The Morgan fingerprint density at radius 2 is 1.88 bits per heavy atom. The van der Waals surface area contributed by atoms with Crippen molar-refractivity contribution in [3.8, 4) is 5.75 Å². The van der Waals surface area contributed by atoms with Crippen molar-refractivity contribution in [1.29, 1.82) is 0 Å². The third-order valence-corrected chi connectivity index (χ3v) is 4.36. The van der Waals surface area contributed by atoms with Crippen molar-refractivity contribution in [3.05, 3.63) is 29.8 Å². The Bertz CT molecular complexity index is 496. The maximum Gasteiger partial charge on any atom is 0.191 e. The number of likely N-dealkylation sites (tertiary alicyclic amines) is 1. The number of guanidine groups is 1. The van der Waals surface area contributed by atoms with Crippen LogP contribution in [0.4, 0.5) is 0 Å². The summed E-state index contributed by atoms with van der Waals surface area (Å²) in [6.07, 6.45) is 5.43. The molecule has 0 unspecified atom stereocenters. The lowest BCUT2D eigenvalue weighted by Crippen LogP contribution is -2.41. The smallest absolute Gasteiger partial charge is 0.191 e. The number of hydrogen-bond donors (Lipinski definition) is 2. The lowest BCUT2D eigenvalue weighted by atomic mass is 10.2. The molecule has 2 rings (SSSR count). The fraction of sp³-hybridized carbons (Fsp3) is 0.632. The molecule has 0 bridgehead atoms. The first-order valence-corrected chi connectivity index (χ1v) is 9.20. The number of nitrogens with zero attached hydrogens (tertiary/aromatic N) is 2. The highest BCUT2D eigenvalue weighted by atomic mass is 16.5. The summed E-state index contributed by atoms with van der Waals surface area (Å²) in [5.41, 5.74) is 1.10. The summed E-state index contributed by atoms with van der Waals surface area (Å²) in [6, 6.07) is 8.04. The summed E-state index contributed by atoms with van der Waals surface area (Å²) in [6.45, 7) is 8.05. The van der Waals surface area contributed by atoms with Crippen LogP contribution < -0.4 is 15.4 Å². The van der Waals surface area contributed by atoms with Gasteiger partial charge in [0.2, 0.25) is 0 Å². The third-order valence-electron chi connectivity index (χ3n) is 4.36. The van der Waals surface area contributed by atoms with Crippen molar-refractivity contribution < 1.29 is 4.74 Å². The van der Waals surface area contributed by atoms with Crippen LogP contribution in [0.25, 0.3) is 0 Å². The van der Waals surface area contributed by atoms with E-state index in [0.29, 0.717) is 6.54 Å². The molecule has 2 N–H and O–H groups in total. The maximum atomic E-state index is 5.39. The van der Waals surface area contributed by atoms with E-state index in [0.717, 1.165) is 36.9 Å². The van der Waals surface area contributed by atoms with E-state index in [1.165, 1.54) is 38.8 Å². The second kappa shape index (κ2) is 10.9. The van der Waals surface area contributed by atoms with Crippen LogP contribution in [0.3, 0.4) is 0 Å². The molecule has 0 aromatic heterocycles. The molecule has 1 saturated heterocycles. The second-order valence-electron chi connectivity index (χ2n) is 6.19. The van der Waals surface area contributed by atoms with E-state index >= 15 is 0 Å². The van der Waals surface area contributed by atoms with Crippen molar-refractivity contribution in [3.63, 3.8) is 0 Å². The molecule has 0 amide bonds. The van der Waals surface area contributed by atoms with Crippen LogP contribution in [0, 0.1) is 0 Å². The number of benzene rings is 1. The highest BCUT2D eigenvalue weighted by Crippen LogP contribution is 2.17. The molecule has 1 fully saturated rings. The third kappa shape index (κ3) is 6.40. The normalized spacial score (nSPS) is 16.5. The van der Waals surface area contributed by atoms with E-state index in [1.54, 1.807) is 7.11 Å². The van der Waals surface area contributed by atoms with Gasteiger partial charge in [0.15, 0.2) is 5.96 Å². The molecule has 0 atom stereocenters. The van der Waals surface area contributed by atoms with Crippen LogP contribution >= 0.6 is 0 Å². The van der Waals surface area contributed by atoms with Crippen molar-refractivity contribution in [2.45, 2.75) is 39.2 Å². The Kier molecular flexibility index (Phi) is 8.46. The van der Waals surface area contributed by atoms with Crippen molar-refractivity contribution in [2.24, 2.45) is 4.99 Å². The minimum absolute atomic E-state index is 0.614. The highest BCUT2D eigenvalue weighted by Gasteiger charge is 2.08. The molecule has 0 saturated carbocycles. The first-order valence-electron chi connectivity index (χ1n) is 9.20. The minimum atomic E-state index is 0.614. The van der Waals surface area contributed by atoms with Crippen LogP contribution in [-0.2, 0) is 6.54 Å². The number of hydrogen-bond acceptors (Lipinski definition) is 3. The topological polar surface area (TPSA) is 48.9 Å². The molecule has 134 valence electrons. The second-order valence-corrected chi connectivity index (χ2v) is 6.19. The first-order chi connectivity index (χ1) is 11.8. The van der Waals surface area contributed by atoms with Gasteiger partial charge in [-0.05, 0) is 38.9 Å². The van der Waals surface area contributed by atoms with E-state index in [9.17, 15) is 0 Å². The quantitative estimate of drug-likeness (QED) is 0.595. The van der Waals surface area contributed by atoms with Crippen molar-refractivity contribution in [2.75, 3.05) is 39.8 Å². The average Bonchev–Trinajstić information content (AvgIpc) is 2.88. The molecule has 0 radical (unpaired) electrons. The Balaban J connectivity index is 1.83.